The van der Waals surface area contributed by atoms with Crippen LogP contribution in [0.2, 0.25) is 0 Å². The number of para-hydroxylation sites is 1. The lowest BCUT2D eigenvalue weighted by Crippen LogP contribution is -2.34. The number of esters is 1. The lowest BCUT2D eigenvalue weighted by molar-refractivity contribution is -0.156. The zero-order valence-electron chi connectivity index (χ0n) is 17.8. The van der Waals surface area contributed by atoms with Crippen molar-refractivity contribution in [2.24, 2.45) is 0 Å². The highest BCUT2D eigenvalue weighted by Gasteiger charge is 2.24. The fourth-order valence-corrected chi connectivity index (χ4v) is 3.37. The molecule has 6 nitrogen and oxygen atoms in total. The zero-order chi connectivity index (χ0) is 21.9. The summed E-state index contributed by atoms with van der Waals surface area (Å²) in [6.07, 6.45) is 5.97. The summed E-state index contributed by atoms with van der Waals surface area (Å²) in [5.41, 5.74) is 2.44. The van der Waals surface area contributed by atoms with E-state index in [2.05, 4.69) is 11.7 Å². The zero-order valence-corrected chi connectivity index (χ0v) is 17.8. The topological polar surface area (TPSA) is 99.9 Å². The van der Waals surface area contributed by atoms with Gasteiger partial charge in [-0.05, 0) is 43.9 Å². The van der Waals surface area contributed by atoms with Crippen LogP contribution in [0.4, 0.5) is 0 Å². The maximum absolute atomic E-state index is 11.3. The molecule has 0 spiro atoms. The molecule has 0 amide bonds. The van der Waals surface area contributed by atoms with Crippen LogP contribution < -0.4 is 0 Å². The van der Waals surface area contributed by atoms with E-state index in [4.69, 9.17) is 4.98 Å². The van der Waals surface area contributed by atoms with Crippen molar-refractivity contribution in [3.63, 3.8) is 0 Å². The van der Waals surface area contributed by atoms with Crippen LogP contribution >= 0.6 is 0 Å². The minimum absolute atomic E-state index is 0.276. The first-order valence-corrected chi connectivity index (χ1v) is 10.7. The van der Waals surface area contributed by atoms with Crippen LogP contribution in [0.1, 0.15) is 69.2 Å². The number of ether oxygens (including phenoxy) is 1. The van der Waals surface area contributed by atoms with E-state index in [9.17, 15) is 20.1 Å². The molecule has 0 saturated carbocycles. The number of hydrogen-bond donors (Lipinski definition) is 3. The van der Waals surface area contributed by atoms with Crippen LogP contribution in [-0.4, -0.2) is 45.6 Å². The number of unbranched alkanes of at least 4 members (excludes halogenated alkanes) is 3. The van der Waals surface area contributed by atoms with E-state index in [1.54, 1.807) is 0 Å². The molecule has 1 aromatic heterocycles. The van der Waals surface area contributed by atoms with E-state index in [1.807, 2.05) is 42.5 Å². The molecule has 1 heterocycles. The largest absolute Gasteiger partial charge is 0.467 e. The predicted molar refractivity (Wildman–Crippen MR) is 118 cm³/mol. The first-order valence-electron chi connectivity index (χ1n) is 10.7. The SMILES string of the molecule is CCCCC[C@@H](O)c1cc2ccccc2nc1C=CCCCC(O)C(O)C(=O)OC. The van der Waals surface area contributed by atoms with Crippen molar-refractivity contribution >= 4 is 22.9 Å². The number of allylic oxidation sites excluding steroid dienone is 1. The van der Waals surface area contributed by atoms with E-state index in [-0.39, 0.29) is 6.42 Å². The van der Waals surface area contributed by atoms with E-state index in [0.717, 1.165) is 41.4 Å². The Balaban J connectivity index is 2.05. The standard InChI is InChI=1S/C24H33NO5/c1-3-4-6-14-21(26)18-16-17-11-9-10-12-19(17)25-20(18)13-7-5-8-15-22(27)23(28)24(29)30-2/h7,9-13,16,21-23,26-28H,3-6,8,14-15H2,1-2H3/t21-,22?,23?/m1/s1. The highest BCUT2D eigenvalue weighted by Crippen LogP contribution is 2.27. The number of aliphatic hydroxyl groups excluding tert-OH is 3. The van der Waals surface area contributed by atoms with Crippen LogP contribution in [0.15, 0.2) is 36.4 Å². The van der Waals surface area contributed by atoms with Crippen LogP contribution in [0.5, 0.6) is 0 Å². The molecule has 2 unspecified atom stereocenters. The number of nitrogens with zero attached hydrogens (tertiary/aromatic N) is 1. The number of carbonyl (C=O) groups is 1. The van der Waals surface area contributed by atoms with Crippen molar-refractivity contribution in [1.29, 1.82) is 0 Å². The quantitative estimate of drug-likeness (QED) is 0.359. The third kappa shape index (κ3) is 6.90. The Kier molecular flexibility index (Phi) is 9.94. The van der Waals surface area contributed by atoms with Gasteiger partial charge in [0.1, 0.15) is 0 Å². The molecule has 3 N–H and O–H groups in total. The van der Waals surface area contributed by atoms with Crippen molar-refractivity contribution in [1.82, 2.24) is 4.98 Å². The van der Waals surface area contributed by atoms with Crippen LogP contribution in [0, 0.1) is 0 Å². The average Bonchev–Trinajstić information content (AvgIpc) is 2.77. The molecule has 0 aliphatic rings. The molecule has 0 radical (unpaired) electrons. The summed E-state index contributed by atoms with van der Waals surface area (Å²) in [4.78, 5) is 16.0. The third-order valence-electron chi connectivity index (χ3n) is 5.18. The minimum Gasteiger partial charge on any atom is -0.467 e. The number of methoxy groups -OCH3 is 1. The average molecular weight is 416 g/mol. The van der Waals surface area contributed by atoms with Gasteiger partial charge in [0.05, 0.1) is 30.5 Å². The second-order valence-corrected chi connectivity index (χ2v) is 7.54. The lowest BCUT2D eigenvalue weighted by atomic mass is 9.99. The molecular formula is C24H33NO5. The maximum Gasteiger partial charge on any atom is 0.337 e. The molecule has 0 aliphatic carbocycles. The van der Waals surface area contributed by atoms with E-state index < -0.39 is 24.3 Å². The number of carbonyl (C=O) groups excluding carboxylic acids is 1. The van der Waals surface area contributed by atoms with Gasteiger partial charge in [-0.3, -0.25) is 0 Å². The Morgan fingerprint density at radius 1 is 1.13 bits per heavy atom. The minimum atomic E-state index is -1.52. The summed E-state index contributed by atoms with van der Waals surface area (Å²) in [5.74, 6) is -0.833. The number of hydrogen-bond acceptors (Lipinski definition) is 6. The van der Waals surface area contributed by atoms with Gasteiger partial charge in [-0.15, -0.1) is 0 Å². The smallest absolute Gasteiger partial charge is 0.337 e. The number of fused-ring (bicyclic) bond motifs is 1. The molecule has 2 aromatic rings. The van der Waals surface area contributed by atoms with E-state index in [0.29, 0.717) is 19.3 Å². The van der Waals surface area contributed by atoms with Gasteiger partial charge in [0.2, 0.25) is 0 Å². The normalized spacial score (nSPS) is 14.7. The Labute approximate surface area is 178 Å². The third-order valence-corrected chi connectivity index (χ3v) is 5.18. The molecular weight excluding hydrogens is 382 g/mol. The predicted octanol–water partition coefficient (Wildman–Crippen LogP) is 3.93. The molecule has 1 aromatic carbocycles. The summed E-state index contributed by atoms with van der Waals surface area (Å²) < 4.78 is 4.43. The Morgan fingerprint density at radius 2 is 1.90 bits per heavy atom. The van der Waals surface area contributed by atoms with Crippen molar-refractivity contribution in [3.05, 3.63) is 47.7 Å². The van der Waals surface area contributed by atoms with Crippen molar-refractivity contribution < 1.29 is 24.9 Å². The van der Waals surface area contributed by atoms with Crippen LogP contribution in [-0.2, 0) is 9.53 Å². The number of aromatic nitrogens is 1. The summed E-state index contributed by atoms with van der Waals surface area (Å²) in [6.45, 7) is 2.14. The van der Waals surface area contributed by atoms with E-state index in [1.165, 1.54) is 7.11 Å². The van der Waals surface area contributed by atoms with Gasteiger partial charge in [-0.25, -0.2) is 9.78 Å². The number of benzene rings is 1. The van der Waals surface area contributed by atoms with Gasteiger partial charge in [0, 0.05) is 10.9 Å². The number of rotatable bonds is 12. The van der Waals surface area contributed by atoms with Crippen molar-refractivity contribution in [2.45, 2.75) is 70.2 Å². The lowest BCUT2D eigenvalue weighted by Gasteiger charge is -2.15. The summed E-state index contributed by atoms with van der Waals surface area (Å²) in [5, 5.41) is 31.2. The molecule has 164 valence electrons. The fourth-order valence-electron chi connectivity index (χ4n) is 3.37. The van der Waals surface area contributed by atoms with Crippen LogP contribution in [0.3, 0.4) is 0 Å². The highest BCUT2D eigenvalue weighted by atomic mass is 16.5. The van der Waals surface area contributed by atoms with Crippen molar-refractivity contribution in [3.8, 4) is 0 Å². The van der Waals surface area contributed by atoms with Gasteiger partial charge >= 0.3 is 5.97 Å². The molecule has 2 rings (SSSR count). The van der Waals surface area contributed by atoms with Crippen LogP contribution in [0.25, 0.3) is 17.0 Å². The van der Waals surface area contributed by atoms with Gasteiger partial charge in [-0.2, -0.15) is 0 Å². The number of pyridine rings is 1. The van der Waals surface area contributed by atoms with Crippen molar-refractivity contribution in [2.75, 3.05) is 7.11 Å². The Hall–Kier alpha value is -2.28. The second-order valence-electron chi connectivity index (χ2n) is 7.54. The molecule has 30 heavy (non-hydrogen) atoms. The molecule has 0 bridgehead atoms. The summed E-state index contributed by atoms with van der Waals surface area (Å²) >= 11 is 0. The van der Waals surface area contributed by atoms with Gasteiger partial charge in [-0.1, -0.05) is 50.5 Å². The Morgan fingerprint density at radius 3 is 2.63 bits per heavy atom. The van der Waals surface area contributed by atoms with Gasteiger partial charge in [0.15, 0.2) is 6.10 Å². The molecule has 0 fully saturated rings. The van der Waals surface area contributed by atoms with Gasteiger partial charge in [0.25, 0.3) is 0 Å². The number of aliphatic hydroxyl groups is 3. The molecule has 3 atom stereocenters. The second kappa shape index (κ2) is 12.4. The highest BCUT2D eigenvalue weighted by molar-refractivity contribution is 5.81. The fraction of sp³-hybridized carbons (Fsp3) is 0.500. The van der Waals surface area contributed by atoms with E-state index >= 15 is 0 Å². The van der Waals surface area contributed by atoms with Gasteiger partial charge < -0.3 is 20.1 Å². The first-order chi connectivity index (χ1) is 14.5. The summed E-state index contributed by atoms with van der Waals surface area (Å²) in [7, 11) is 1.17. The molecule has 0 aliphatic heterocycles. The molecule has 6 heteroatoms. The monoisotopic (exact) mass is 415 g/mol. The summed E-state index contributed by atoms with van der Waals surface area (Å²) in [6, 6.07) is 9.85. The Bertz CT molecular complexity index is 835. The maximum atomic E-state index is 11.3. The first kappa shape index (κ1) is 24.0. The molecule has 0 saturated heterocycles.